The van der Waals surface area contributed by atoms with E-state index >= 15 is 0 Å². The topological polar surface area (TPSA) is 83.8 Å². The van der Waals surface area contributed by atoms with Gasteiger partial charge in [0.15, 0.2) is 5.78 Å². The van der Waals surface area contributed by atoms with Crippen molar-refractivity contribution in [1.29, 1.82) is 0 Å². The summed E-state index contributed by atoms with van der Waals surface area (Å²) in [5.74, 6) is -1.64. The SMILES string of the molecule is COc1c(Cl)ccc(Cl)c1C(C)=O.O=C(O)c1c(Cl)ccc(Cl)c1O. The van der Waals surface area contributed by atoms with Crippen molar-refractivity contribution in [2.75, 3.05) is 7.11 Å². The molecular formula is C16H12Cl4O5. The Labute approximate surface area is 163 Å². The summed E-state index contributed by atoms with van der Waals surface area (Å²) >= 11 is 22.6. The molecule has 25 heavy (non-hydrogen) atoms. The molecule has 2 rings (SSSR count). The van der Waals surface area contributed by atoms with E-state index in [0.29, 0.717) is 21.4 Å². The lowest BCUT2D eigenvalue weighted by atomic mass is 10.1. The third kappa shape index (κ3) is 5.16. The zero-order chi connectivity index (χ0) is 19.3. The predicted molar refractivity (Wildman–Crippen MR) is 98.1 cm³/mol. The van der Waals surface area contributed by atoms with Gasteiger partial charge in [-0.1, -0.05) is 46.4 Å². The van der Waals surface area contributed by atoms with Crippen molar-refractivity contribution in [3.05, 3.63) is 55.5 Å². The maximum atomic E-state index is 11.2. The number of phenols is 1. The number of ether oxygens (including phenoxy) is 1. The number of ketones is 1. The minimum absolute atomic E-state index is 0.0307. The molecule has 2 aromatic rings. The van der Waals surface area contributed by atoms with Crippen molar-refractivity contribution in [3.8, 4) is 11.5 Å². The number of aromatic carboxylic acids is 1. The molecule has 0 bridgehead atoms. The Morgan fingerprint density at radius 1 is 0.880 bits per heavy atom. The highest BCUT2D eigenvalue weighted by Crippen LogP contribution is 2.34. The first-order chi connectivity index (χ1) is 11.6. The number of Topliss-reactive ketones (excluding diaryl/α,β-unsaturated/α-hetero) is 1. The van der Waals surface area contributed by atoms with E-state index in [1.165, 1.54) is 26.2 Å². The number of carbonyl (C=O) groups is 2. The molecule has 5 nitrogen and oxygen atoms in total. The molecule has 0 amide bonds. The summed E-state index contributed by atoms with van der Waals surface area (Å²) in [7, 11) is 1.45. The summed E-state index contributed by atoms with van der Waals surface area (Å²) in [4.78, 5) is 21.7. The average molecular weight is 426 g/mol. The maximum absolute atomic E-state index is 11.2. The third-order valence-corrected chi connectivity index (χ3v) is 4.14. The molecule has 0 aliphatic carbocycles. The maximum Gasteiger partial charge on any atom is 0.341 e. The van der Waals surface area contributed by atoms with E-state index in [9.17, 15) is 9.59 Å². The lowest BCUT2D eigenvalue weighted by Crippen LogP contribution is -1.99. The standard InChI is InChI=1S/C9H8Cl2O2.C7H4Cl2O3/c1-5(12)8-6(10)3-4-7(11)9(8)13-2;8-3-1-2-4(9)6(10)5(3)7(11)12/h3-4H,1-2H3;1-2,10H,(H,11,12). The molecule has 0 aromatic heterocycles. The van der Waals surface area contributed by atoms with Crippen LogP contribution in [-0.4, -0.2) is 29.1 Å². The van der Waals surface area contributed by atoms with Crippen LogP contribution in [0, 0.1) is 0 Å². The number of hydrogen-bond acceptors (Lipinski definition) is 4. The van der Waals surface area contributed by atoms with E-state index in [4.69, 9.17) is 61.4 Å². The summed E-state index contributed by atoms with van der Waals surface area (Å²) < 4.78 is 4.98. The van der Waals surface area contributed by atoms with Crippen LogP contribution in [0.5, 0.6) is 11.5 Å². The summed E-state index contributed by atoms with van der Waals surface area (Å²) in [5, 5.41) is 18.4. The van der Waals surface area contributed by atoms with Gasteiger partial charge in [0.05, 0.1) is 32.8 Å². The Morgan fingerprint density at radius 2 is 1.32 bits per heavy atom. The quantitative estimate of drug-likeness (QED) is 0.625. The van der Waals surface area contributed by atoms with Gasteiger partial charge in [0, 0.05) is 0 Å². The monoisotopic (exact) mass is 424 g/mol. The van der Waals surface area contributed by atoms with Crippen molar-refractivity contribution in [1.82, 2.24) is 0 Å². The van der Waals surface area contributed by atoms with Crippen LogP contribution in [0.15, 0.2) is 24.3 Å². The number of halogens is 4. The van der Waals surface area contributed by atoms with Crippen LogP contribution in [0.25, 0.3) is 0 Å². The van der Waals surface area contributed by atoms with Gasteiger partial charge in [-0.15, -0.1) is 0 Å². The van der Waals surface area contributed by atoms with Gasteiger partial charge >= 0.3 is 5.97 Å². The van der Waals surface area contributed by atoms with Crippen molar-refractivity contribution < 1.29 is 24.5 Å². The number of hydrogen-bond donors (Lipinski definition) is 2. The van der Waals surface area contributed by atoms with E-state index in [0.717, 1.165) is 0 Å². The fraction of sp³-hybridized carbons (Fsp3) is 0.125. The second-order valence-corrected chi connectivity index (χ2v) is 6.18. The molecule has 0 saturated carbocycles. The number of carboxylic acids is 1. The van der Waals surface area contributed by atoms with Crippen molar-refractivity contribution in [3.63, 3.8) is 0 Å². The average Bonchev–Trinajstić information content (AvgIpc) is 2.53. The largest absolute Gasteiger partial charge is 0.505 e. The van der Waals surface area contributed by atoms with Crippen molar-refractivity contribution in [2.45, 2.75) is 6.92 Å². The number of aromatic hydroxyl groups is 1. The number of benzene rings is 2. The minimum atomic E-state index is -1.31. The first kappa shape index (κ1) is 21.4. The zero-order valence-corrected chi connectivity index (χ0v) is 16.0. The van der Waals surface area contributed by atoms with E-state index in [1.54, 1.807) is 12.1 Å². The van der Waals surface area contributed by atoms with Crippen LogP contribution in [0.4, 0.5) is 0 Å². The fourth-order valence-corrected chi connectivity index (χ4v) is 2.71. The van der Waals surface area contributed by atoms with E-state index < -0.39 is 11.7 Å². The predicted octanol–water partition coefficient (Wildman–Crippen LogP) is 5.60. The molecule has 0 aliphatic rings. The van der Waals surface area contributed by atoms with Crippen LogP contribution in [-0.2, 0) is 0 Å². The molecule has 0 fully saturated rings. The van der Waals surface area contributed by atoms with Crippen LogP contribution < -0.4 is 4.74 Å². The molecule has 0 atom stereocenters. The van der Waals surface area contributed by atoms with E-state index in [1.807, 2.05) is 0 Å². The Bertz CT molecular complexity index is 821. The Kier molecular flexibility index (Phi) is 7.83. The summed E-state index contributed by atoms with van der Waals surface area (Å²) in [5.41, 5.74) is -0.0409. The van der Waals surface area contributed by atoms with Crippen LogP contribution in [0.1, 0.15) is 27.6 Å². The van der Waals surface area contributed by atoms with Crippen LogP contribution >= 0.6 is 46.4 Å². The van der Waals surface area contributed by atoms with Gasteiger partial charge in [-0.2, -0.15) is 0 Å². The van der Waals surface area contributed by atoms with Gasteiger partial charge in [0.25, 0.3) is 0 Å². The molecule has 0 heterocycles. The van der Waals surface area contributed by atoms with Gasteiger partial charge in [0.2, 0.25) is 0 Å². The van der Waals surface area contributed by atoms with Crippen molar-refractivity contribution >= 4 is 58.2 Å². The molecular weight excluding hydrogens is 414 g/mol. The second kappa shape index (κ2) is 9.15. The molecule has 9 heteroatoms. The van der Waals surface area contributed by atoms with E-state index in [-0.39, 0.29) is 21.4 Å². The molecule has 0 unspecified atom stereocenters. The van der Waals surface area contributed by atoms with Crippen LogP contribution in [0.3, 0.4) is 0 Å². The second-order valence-electron chi connectivity index (χ2n) is 4.55. The molecule has 2 N–H and O–H groups in total. The highest BCUT2D eigenvalue weighted by Gasteiger charge is 2.16. The van der Waals surface area contributed by atoms with Gasteiger partial charge in [-0.3, -0.25) is 4.79 Å². The number of methoxy groups -OCH3 is 1. The Hall–Kier alpha value is -1.66. The molecule has 134 valence electrons. The lowest BCUT2D eigenvalue weighted by molar-refractivity contribution is 0.0693. The number of carbonyl (C=O) groups excluding carboxylic acids is 1. The summed E-state index contributed by atoms with van der Waals surface area (Å²) in [6.07, 6.45) is 0. The minimum Gasteiger partial charge on any atom is -0.505 e. The summed E-state index contributed by atoms with van der Waals surface area (Å²) in [6.45, 7) is 1.42. The third-order valence-electron chi connectivity index (χ3n) is 2.91. The molecule has 0 aliphatic heterocycles. The lowest BCUT2D eigenvalue weighted by Gasteiger charge is -2.08. The molecule has 0 saturated heterocycles. The van der Waals surface area contributed by atoms with Gasteiger partial charge < -0.3 is 14.9 Å². The van der Waals surface area contributed by atoms with Crippen LogP contribution in [0.2, 0.25) is 20.1 Å². The first-order valence-corrected chi connectivity index (χ1v) is 8.06. The molecule has 2 aromatic carbocycles. The van der Waals surface area contributed by atoms with Crippen molar-refractivity contribution in [2.24, 2.45) is 0 Å². The van der Waals surface area contributed by atoms with Gasteiger partial charge in [0.1, 0.15) is 17.1 Å². The highest BCUT2D eigenvalue weighted by molar-refractivity contribution is 6.37. The molecule has 0 radical (unpaired) electrons. The zero-order valence-electron chi connectivity index (χ0n) is 12.9. The number of rotatable bonds is 3. The Morgan fingerprint density at radius 3 is 1.68 bits per heavy atom. The fourth-order valence-electron chi connectivity index (χ4n) is 1.81. The summed E-state index contributed by atoms with van der Waals surface area (Å²) in [6, 6.07) is 5.80. The first-order valence-electron chi connectivity index (χ1n) is 6.55. The Balaban J connectivity index is 0.000000251. The smallest absolute Gasteiger partial charge is 0.341 e. The highest BCUT2D eigenvalue weighted by atomic mass is 35.5. The van der Waals surface area contributed by atoms with E-state index in [2.05, 4.69) is 0 Å². The number of carboxylic acid groups (broad SMARTS) is 1. The van der Waals surface area contributed by atoms with Gasteiger partial charge in [-0.05, 0) is 31.2 Å². The molecule has 0 spiro atoms. The van der Waals surface area contributed by atoms with Gasteiger partial charge in [-0.25, -0.2) is 4.79 Å². The normalized spacial score (nSPS) is 9.84.